The van der Waals surface area contributed by atoms with Gasteiger partial charge in [-0.05, 0) is 42.5 Å². The quantitative estimate of drug-likeness (QED) is 0.489. The van der Waals surface area contributed by atoms with Crippen molar-refractivity contribution in [2.24, 2.45) is 10.9 Å². The minimum Gasteiger partial charge on any atom is -0.504 e. The molecule has 2 aromatic rings. The van der Waals surface area contributed by atoms with Crippen molar-refractivity contribution in [1.82, 2.24) is 0 Å². The predicted octanol–water partition coefficient (Wildman–Crippen LogP) is 4.17. The van der Waals surface area contributed by atoms with Gasteiger partial charge >= 0.3 is 5.97 Å². The molecule has 178 valence electrons. The molecule has 0 saturated carbocycles. The Bertz CT molecular complexity index is 1140. The Hall–Kier alpha value is -3.45. The number of hydrogen-bond acceptors (Lipinski definition) is 7. The summed E-state index contributed by atoms with van der Waals surface area (Å²) in [6, 6.07) is 14.9. The third kappa shape index (κ3) is 4.61. The predicted molar refractivity (Wildman–Crippen MR) is 127 cm³/mol. The molecule has 34 heavy (non-hydrogen) atoms. The van der Waals surface area contributed by atoms with Crippen LogP contribution in [0.1, 0.15) is 42.7 Å². The molecule has 0 fully saturated rings. The van der Waals surface area contributed by atoms with E-state index in [4.69, 9.17) is 19.2 Å². The van der Waals surface area contributed by atoms with Gasteiger partial charge < -0.3 is 19.3 Å². The number of hydrogen-bond donors (Lipinski definition) is 1. The maximum Gasteiger partial charge on any atom is 0.315 e. The monoisotopic (exact) mass is 463 g/mol. The van der Waals surface area contributed by atoms with Crippen molar-refractivity contribution in [3.05, 3.63) is 70.9 Å². The van der Waals surface area contributed by atoms with Gasteiger partial charge in [-0.2, -0.15) is 0 Å². The topological polar surface area (TPSA) is 94.4 Å². The fourth-order valence-electron chi connectivity index (χ4n) is 4.89. The van der Waals surface area contributed by atoms with Gasteiger partial charge in [-0.15, -0.1) is 0 Å². The Morgan fingerprint density at radius 3 is 2.53 bits per heavy atom. The maximum atomic E-state index is 13.6. The second-order valence-corrected chi connectivity index (χ2v) is 8.60. The zero-order chi connectivity index (χ0) is 24.2. The van der Waals surface area contributed by atoms with E-state index in [9.17, 15) is 14.7 Å². The average Bonchev–Trinajstić information content (AvgIpc) is 2.84. The van der Waals surface area contributed by atoms with Crippen LogP contribution in [-0.2, 0) is 19.1 Å². The van der Waals surface area contributed by atoms with Crippen LogP contribution in [-0.4, -0.2) is 50.0 Å². The van der Waals surface area contributed by atoms with Gasteiger partial charge in [-0.1, -0.05) is 36.4 Å². The molecule has 7 nitrogen and oxygen atoms in total. The average molecular weight is 464 g/mol. The maximum absolute atomic E-state index is 13.6. The number of phenols is 1. The van der Waals surface area contributed by atoms with E-state index in [2.05, 4.69) is 0 Å². The number of rotatable bonds is 7. The molecule has 1 heterocycles. The van der Waals surface area contributed by atoms with Gasteiger partial charge in [-0.25, -0.2) is 0 Å². The van der Waals surface area contributed by atoms with Crippen molar-refractivity contribution in [1.29, 1.82) is 0 Å². The minimum absolute atomic E-state index is 0.0139. The van der Waals surface area contributed by atoms with Crippen molar-refractivity contribution >= 4 is 17.5 Å². The van der Waals surface area contributed by atoms with E-state index in [1.165, 1.54) is 20.3 Å². The Morgan fingerprint density at radius 2 is 1.82 bits per heavy atom. The molecular weight excluding hydrogens is 434 g/mol. The van der Waals surface area contributed by atoms with E-state index in [-0.39, 0.29) is 36.4 Å². The Kier molecular flexibility index (Phi) is 7.12. The molecule has 0 radical (unpaired) electrons. The number of nitrogens with zero attached hydrogens (tertiary/aromatic N) is 1. The summed E-state index contributed by atoms with van der Waals surface area (Å²) in [6.07, 6.45) is 0.953. The lowest BCUT2D eigenvalue weighted by molar-refractivity contribution is -0.147. The number of esters is 1. The molecule has 2 aliphatic rings. The van der Waals surface area contributed by atoms with Crippen LogP contribution >= 0.6 is 0 Å². The second-order valence-electron chi connectivity index (χ2n) is 8.60. The largest absolute Gasteiger partial charge is 0.504 e. The first-order valence-electron chi connectivity index (χ1n) is 11.3. The lowest BCUT2D eigenvalue weighted by Gasteiger charge is -2.36. The molecule has 4 rings (SSSR count). The molecule has 0 bridgehead atoms. The molecule has 1 aliphatic carbocycles. The van der Waals surface area contributed by atoms with Crippen LogP contribution in [0.2, 0.25) is 0 Å². The number of aromatic hydroxyl groups is 1. The number of carbonyl (C=O) groups is 2. The summed E-state index contributed by atoms with van der Waals surface area (Å²) in [7, 11) is 3.00. The number of phenolic OH excluding ortho intramolecular Hbond substituents is 1. The van der Waals surface area contributed by atoms with Gasteiger partial charge in [0.2, 0.25) is 0 Å². The van der Waals surface area contributed by atoms with E-state index >= 15 is 0 Å². The number of methoxy groups -OCH3 is 2. The first kappa shape index (κ1) is 23.7. The van der Waals surface area contributed by atoms with Gasteiger partial charge in [0.25, 0.3) is 0 Å². The molecule has 3 atom stereocenters. The van der Waals surface area contributed by atoms with E-state index in [1.807, 2.05) is 30.3 Å². The van der Waals surface area contributed by atoms with E-state index in [0.29, 0.717) is 35.4 Å². The van der Waals surface area contributed by atoms with Crippen molar-refractivity contribution in [2.45, 2.75) is 31.6 Å². The van der Waals surface area contributed by atoms with Gasteiger partial charge in [0.15, 0.2) is 17.3 Å². The fraction of sp³-hybridized carbons (Fsp3) is 0.370. The van der Waals surface area contributed by atoms with Gasteiger partial charge in [0.1, 0.15) is 12.5 Å². The van der Waals surface area contributed by atoms with Crippen molar-refractivity contribution in [2.75, 3.05) is 27.4 Å². The SMILES string of the molecule is COCCOC(=O)C1C(C)=NC2=C(C(=O)C[C@@H](c3ccccc3)C2)[C@@H]1c1ccc(O)c(OC)c1. The summed E-state index contributed by atoms with van der Waals surface area (Å²) in [5.74, 6) is -1.54. The first-order valence-corrected chi connectivity index (χ1v) is 11.3. The number of Topliss-reactive ketones (excluding diaryl/α,β-unsaturated/α-hetero) is 1. The van der Waals surface area contributed by atoms with Gasteiger partial charge in [0, 0.05) is 36.4 Å². The number of ether oxygens (including phenoxy) is 3. The molecular formula is C27H29NO6. The Balaban J connectivity index is 1.78. The van der Waals surface area contributed by atoms with Gasteiger partial charge in [0.05, 0.1) is 13.7 Å². The molecule has 0 spiro atoms. The summed E-state index contributed by atoms with van der Waals surface area (Å²) in [5, 5.41) is 10.1. The normalized spacial score (nSPS) is 22.1. The molecule has 0 aromatic heterocycles. The van der Waals surface area contributed by atoms with E-state index in [0.717, 1.165) is 5.56 Å². The summed E-state index contributed by atoms with van der Waals surface area (Å²) in [5.41, 5.74) is 3.63. The summed E-state index contributed by atoms with van der Waals surface area (Å²) in [6.45, 7) is 2.19. The molecule has 0 saturated heterocycles. The third-order valence-corrected chi connectivity index (χ3v) is 6.51. The standard InChI is InChI=1S/C27H29NO6/c1-16-24(27(31)34-12-11-32-2)25(18-9-10-21(29)23(15-18)33-3)26-20(28-16)13-19(14-22(26)30)17-7-5-4-6-8-17/h4-10,15,19,24-25,29H,11-14H2,1-3H3/t19-,24?,25+/m0/s1. The highest BCUT2D eigenvalue weighted by atomic mass is 16.6. The fourth-order valence-corrected chi connectivity index (χ4v) is 4.89. The van der Waals surface area contributed by atoms with Crippen molar-refractivity contribution < 1.29 is 28.9 Å². The van der Waals surface area contributed by atoms with Crippen LogP contribution in [0, 0.1) is 5.92 Å². The molecule has 7 heteroatoms. The van der Waals surface area contributed by atoms with Crippen molar-refractivity contribution in [3.8, 4) is 11.5 Å². The lowest BCUT2D eigenvalue weighted by atomic mass is 9.69. The zero-order valence-corrected chi connectivity index (χ0v) is 19.6. The molecule has 1 aliphatic heterocycles. The first-order chi connectivity index (χ1) is 16.4. The van der Waals surface area contributed by atoms with Crippen molar-refractivity contribution in [3.63, 3.8) is 0 Å². The number of benzene rings is 2. The smallest absolute Gasteiger partial charge is 0.315 e. The zero-order valence-electron chi connectivity index (χ0n) is 19.6. The highest BCUT2D eigenvalue weighted by molar-refractivity contribution is 6.09. The highest BCUT2D eigenvalue weighted by Gasteiger charge is 2.45. The summed E-state index contributed by atoms with van der Waals surface area (Å²) < 4.78 is 15.8. The molecule has 1 N–H and O–H groups in total. The number of aliphatic imine (C=N–C) groups is 1. The van der Waals surface area contributed by atoms with Crippen LogP contribution < -0.4 is 4.74 Å². The molecule has 0 amide bonds. The highest BCUT2D eigenvalue weighted by Crippen LogP contribution is 2.47. The van der Waals surface area contributed by atoms with Crippen LogP contribution in [0.4, 0.5) is 0 Å². The second kappa shape index (κ2) is 10.2. The number of carbonyl (C=O) groups excluding carboxylic acids is 2. The van der Waals surface area contributed by atoms with E-state index in [1.54, 1.807) is 19.1 Å². The number of ketones is 1. The summed E-state index contributed by atoms with van der Waals surface area (Å²) in [4.78, 5) is 31.5. The Morgan fingerprint density at radius 1 is 1.06 bits per heavy atom. The van der Waals surface area contributed by atoms with Gasteiger partial charge in [-0.3, -0.25) is 14.6 Å². The van der Waals surface area contributed by atoms with Crippen LogP contribution in [0.15, 0.2) is 64.8 Å². The Labute approximate surface area is 199 Å². The third-order valence-electron chi connectivity index (χ3n) is 6.51. The molecule has 2 aromatic carbocycles. The van der Waals surface area contributed by atoms with Crippen LogP contribution in [0.3, 0.4) is 0 Å². The lowest BCUT2D eigenvalue weighted by Crippen LogP contribution is -2.38. The van der Waals surface area contributed by atoms with E-state index < -0.39 is 17.8 Å². The summed E-state index contributed by atoms with van der Waals surface area (Å²) >= 11 is 0. The van der Waals surface area contributed by atoms with Crippen LogP contribution in [0.25, 0.3) is 0 Å². The molecule has 1 unspecified atom stereocenters. The number of allylic oxidation sites excluding steroid dienone is 2. The van der Waals surface area contributed by atoms with Crippen LogP contribution in [0.5, 0.6) is 11.5 Å². The minimum atomic E-state index is -0.762.